The summed E-state index contributed by atoms with van der Waals surface area (Å²) in [5, 5.41) is 0. The molecule has 4 heteroatoms. The third kappa shape index (κ3) is 3.34. The van der Waals surface area contributed by atoms with Gasteiger partial charge in [0.25, 0.3) is 0 Å². The first kappa shape index (κ1) is 15.2. The van der Waals surface area contributed by atoms with Gasteiger partial charge in [-0.3, -0.25) is 9.59 Å². The molecular weight excluding hydrogens is 242 g/mol. The third-order valence-corrected chi connectivity index (χ3v) is 2.96. The highest BCUT2D eigenvalue weighted by Crippen LogP contribution is 2.31. The lowest BCUT2D eigenvalue weighted by Gasteiger charge is -2.23. The molecule has 1 amide bonds. The van der Waals surface area contributed by atoms with Crippen molar-refractivity contribution < 1.29 is 14.3 Å². The summed E-state index contributed by atoms with van der Waals surface area (Å²) < 4.78 is 5.16. The second kappa shape index (κ2) is 5.43. The molecule has 0 aliphatic rings. The van der Waals surface area contributed by atoms with Gasteiger partial charge in [-0.2, -0.15) is 0 Å². The van der Waals surface area contributed by atoms with Gasteiger partial charge in [-0.25, -0.2) is 0 Å². The van der Waals surface area contributed by atoms with Gasteiger partial charge >= 0.3 is 0 Å². The van der Waals surface area contributed by atoms with Crippen molar-refractivity contribution in [1.82, 2.24) is 0 Å². The van der Waals surface area contributed by atoms with Gasteiger partial charge in [0.05, 0.1) is 12.8 Å². The topological polar surface area (TPSA) is 46.6 Å². The summed E-state index contributed by atoms with van der Waals surface area (Å²) in [6.07, 6.45) is 0. The molecule has 104 valence electrons. The van der Waals surface area contributed by atoms with E-state index in [4.69, 9.17) is 4.74 Å². The predicted octanol–water partition coefficient (Wildman–Crippen LogP) is 2.91. The SMILES string of the molecule is COc1ccc(C(=O)C(C)(C)C)c(N(C)C(C)=O)c1. The smallest absolute Gasteiger partial charge is 0.223 e. The number of Topliss-reactive ketones (excluding diaryl/α,β-unsaturated/α-hetero) is 1. The highest BCUT2D eigenvalue weighted by Gasteiger charge is 2.27. The molecule has 0 bridgehead atoms. The van der Waals surface area contributed by atoms with Gasteiger partial charge in [0.15, 0.2) is 5.78 Å². The van der Waals surface area contributed by atoms with E-state index in [0.717, 1.165) is 0 Å². The van der Waals surface area contributed by atoms with Crippen molar-refractivity contribution >= 4 is 17.4 Å². The van der Waals surface area contributed by atoms with Crippen LogP contribution in [0.2, 0.25) is 0 Å². The highest BCUT2D eigenvalue weighted by atomic mass is 16.5. The molecule has 0 heterocycles. The van der Waals surface area contributed by atoms with E-state index in [1.807, 2.05) is 20.8 Å². The molecule has 0 aliphatic carbocycles. The van der Waals surface area contributed by atoms with Crippen LogP contribution in [0.25, 0.3) is 0 Å². The van der Waals surface area contributed by atoms with Gasteiger partial charge in [-0.15, -0.1) is 0 Å². The van der Waals surface area contributed by atoms with E-state index in [2.05, 4.69) is 0 Å². The molecule has 0 aliphatic heterocycles. The first-order valence-electron chi connectivity index (χ1n) is 6.15. The van der Waals surface area contributed by atoms with Crippen molar-refractivity contribution in [2.24, 2.45) is 5.41 Å². The molecule has 0 unspecified atom stereocenters. The Morgan fingerprint density at radius 3 is 2.21 bits per heavy atom. The van der Waals surface area contributed by atoms with Crippen molar-refractivity contribution in [3.63, 3.8) is 0 Å². The van der Waals surface area contributed by atoms with Gasteiger partial charge in [0, 0.05) is 31.0 Å². The number of rotatable bonds is 3. The van der Waals surface area contributed by atoms with Crippen molar-refractivity contribution in [2.75, 3.05) is 19.1 Å². The molecule has 19 heavy (non-hydrogen) atoms. The van der Waals surface area contributed by atoms with Crippen molar-refractivity contribution in [2.45, 2.75) is 27.7 Å². The molecule has 0 N–H and O–H groups in total. The molecule has 4 nitrogen and oxygen atoms in total. The molecule has 0 radical (unpaired) electrons. The fourth-order valence-electron chi connectivity index (χ4n) is 1.68. The summed E-state index contributed by atoms with van der Waals surface area (Å²) in [5.74, 6) is 0.489. The zero-order chi connectivity index (χ0) is 14.8. The van der Waals surface area contributed by atoms with Gasteiger partial charge in [0.2, 0.25) is 5.91 Å². The molecule has 0 fully saturated rings. The van der Waals surface area contributed by atoms with Crippen molar-refractivity contribution in [3.05, 3.63) is 23.8 Å². The Balaban J connectivity index is 3.39. The Labute approximate surface area is 114 Å². The molecule has 1 aromatic rings. The van der Waals surface area contributed by atoms with Crippen LogP contribution in [0.15, 0.2) is 18.2 Å². The third-order valence-electron chi connectivity index (χ3n) is 2.96. The van der Waals surface area contributed by atoms with Crippen LogP contribution in [0, 0.1) is 5.41 Å². The Kier molecular flexibility index (Phi) is 4.35. The average Bonchev–Trinajstić information content (AvgIpc) is 2.35. The van der Waals surface area contributed by atoms with Crippen LogP contribution < -0.4 is 9.64 Å². The number of amides is 1. The van der Waals surface area contributed by atoms with Crippen LogP contribution in [-0.2, 0) is 4.79 Å². The van der Waals surface area contributed by atoms with E-state index >= 15 is 0 Å². The van der Waals surface area contributed by atoms with Crippen LogP contribution in [0.1, 0.15) is 38.1 Å². The van der Waals surface area contributed by atoms with E-state index in [-0.39, 0.29) is 11.7 Å². The van der Waals surface area contributed by atoms with Gasteiger partial charge in [-0.1, -0.05) is 20.8 Å². The molecule has 0 saturated heterocycles. The number of benzene rings is 1. The lowest BCUT2D eigenvalue weighted by Crippen LogP contribution is -2.28. The van der Waals surface area contributed by atoms with Crippen molar-refractivity contribution in [1.29, 1.82) is 0 Å². The maximum absolute atomic E-state index is 12.4. The number of ketones is 1. The Morgan fingerprint density at radius 2 is 1.79 bits per heavy atom. The summed E-state index contributed by atoms with van der Waals surface area (Å²) in [6, 6.07) is 5.15. The second-order valence-electron chi connectivity index (χ2n) is 5.54. The molecule has 0 atom stereocenters. The number of hydrogen-bond acceptors (Lipinski definition) is 3. The van der Waals surface area contributed by atoms with Crippen LogP contribution in [0.5, 0.6) is 5.75 Å². The number of methoxy groups -OCH3 is 1. The van der Waals surface area contributed by atoms with Crippen LogP contribution in [0.4, 0.5) is 5.69 Å². The summed E-state index contributed by atoms with van der Waals surface area (Å²) >= 11 is 0. The summed E-state index contributed by atoms with van der Waals surface area (Å²) in [5.41, 5.74) is 0.610. The molecule has 1 rings (SSSR count). The monoisotopic (exact) mass is 263 g/mol. The first-order chi connectivity index (χ1) is 8.68. The Morgan fingerprint density at radius 1 is 1.21 bits per heavy atom. The van der Waals surface area contributed by atoms with E-state index in [0.29, 0.717) is 17.0 Å². The van der Waals surface area contributed by atoms with Gasteiger partial charge in [-0.05, 0) is 12.1 Å². The minimum absolute atomic E-state index is 0.00162. The zero-order valence-electron chi connectivity index (χ0n) is 12.4. The van der Waals surface area contributed by atoms with Crippen LogP contribution in [0.3, 0.4) is 0 Å². The molecule has 0 aromatic heterocycles. The lowest BCUT2D eigenvalue weighted by molar-refractivity contribution is -0.116. The number of carbonyl (C=O) groups is 2. The fourth-order valence-corrected chi connectivity index (χ4v) is 1.68. The van der Waals surface area contributed by atoms with Gasteiger partial charge < -0.3 is 9.64 Å². The average molecular weight is 263 g/mol. The number of ether oxygens (including phenoxy) is 1. The van der Waals surface area contributed by atoms with E-state index in [9.17, 15) is 9.59 Å². The first-order valence-corrected chi connectivity index (χ1v) is 6.15. The minimum atomic E-state index is -0.499. The molecule has 0 saturated carbocycles. The zero-order valence-corrected chi connectivity index (χ0v) is 12.4. The summed E-state index contributed by atoms with van der Waals surface area (Å²) in [6.45, 7) is 7.04. The standard InChI is InChI=1S/C15H21NO3/c1-10(17)16(5)13-9-11(19-6)7-8-12(13)14(18)15(2,3)4/h7-9H,1-6H3. The summed E-state index contributed by atoms with van der Waals surface area (Å²) in [4.78, 5) is 25.4. The van der Waals surface area contributed by atoms with Crippen LogP contribution >= 0.6 is 0 Å². The largest absolute Gasteiger partial charge is 0.497 e. The lowest BCUT2D eigenvalue weighted by atomic mass is 9.85. The van der Waals surface area contributed by atoms with Crippen LogP contribution in [-0.4, -0.2) is 25.8 Å². The van der Waals surface area contributed by atoms with E-state index in [1.165, 1.54) is 11.8 Å². The van der Waals surface area contributed by atoms with Gasteiger partial charge in [0.1, 0.15) is 5.75 Å². The number of nitrogens with zero attached hydrogens (tertiary/aromatic N) is 1. The Hall–Kier alpha value is -1.84. The maximum Gasteiger partial charge on any atom is 0.223 e. The predicted molar refractivity (Wildman–Crippen MR) is 75.9 cm³/mol. The Bertz CT molecular complexity index is 501. The quantitative estimate of drug-likeness (QED) is 0.788. The minimum Gasteiger partial charge on any atom is -0.497 e. The summed E-state index contributed by atoms with van der Waals surface area (Å²) in [7, 11) is 3.20. The normalized spacial score (nSPS) is 11.1. The van der Waals surface area contributed by atoms with Crippen molar-refractivity contribution in [3.8, 4) is 5.75 Å². The second-order valence-corrected chi connectivity index (χ2v) is 5.54. The maximum atomic E-state index is 12.4. The highest BCUT2D eigenvalue weighted by molar-refractivity contribution is 6.07. The number of anilines is 1. The molecular formula is C15H21NO3. The fraction of sp³-hybridized carbons (Fsp3) is 0.467. The molecule has 0 spiro atoms. The number of hydrogen-bond donors (Lipinski definition) is 0. The molecule has 1 aromatic carbocycles. The van der Waals surface area contributed by atoms with E-state index in [1.54, 1.807) is 32.4 Å². The number of carbonyl (C=O) groups excluding carboxylic acids is 2. The van der Waals surface area contributed by atoms with E-state index < -0.39 is 5.41 Å².